The molecule has 0 aliphatic carbocycles. The van der Waals surface area contributed by atoms with Gasteiger partial charge in [-0.25, -0.2) is 4.79 Å². The van der Waals surface area contributed by atoms with Gasteiger partial charge in [-0.3, -0.25) is 4.79 Å². The van der Waals surface area contributed by atoms with Gasteiger partial charge in [-0.1, -0.05) is 66.2 Å². The number of carbonyl (C=O) groups excluding carboxylic acids is 2. The number of para-hydroxylation sites is 1. The molecule has 0 aromatic heterocycles. The summed E-state index contributed by atoms with van der Waals surface area (Å²) >= 11 is 0. The molecule has 6 nitrogen and oxygen atoms in total. The van der Waals surface area contributed by atoms with Gasteiger partial charge in [0.05, 0.1) is 6.54 Å². The average Bonchev–Trinajstić information content (AvgIpc) is 2.82. The first kappa shape index (κ1) is 22.9. The Morgan fingerprint density at radius 3 is 2.28 bits per heavy atom. The monoisotopic (exact) mass is 431 g/mol. The predicted molar refractivity (Wildman–Crippen MR) is 125 cm³/mol. The van der Waals surface area contributed by atoms with Gasteiger partial charge >= 0.3 is 6.03 Å². The Morgan fingerprint density at radius 1 is 0.875 bits per heavy atom. The summed E-state index contributed by atoms with van der Waals surface area (Å²) in [5.74, 6) is 1.28. The zero-order valence-electron chi connectivity index (χ0n) is 18.5. The second-order valence-corrected chi connectivity index (χ2v) is 7.45. The molecule has 2 N–H and O–H groups in total. The van der Waals surface area contributed by atoms with Crippen LogP contribution in [0, 0.1) is 6.92 Å². The molecule has 0 saturated heterocycles. The highest BCUT2D eigenvalue weighted by Gasteiger charge is 2.14. The van der Waals surface area contributed by atoms with Crippen molar-refractivity contribution in [2.24, 2.45) is 0 Å². The zero-order chi connectivity index (χ0) is 22.8. The van der Waals surface area contributed by atoms with E-state index in [0.29, 0.717) is 18.8 Å². The van der Waals surface area contributed by atoms with Crippen LogP contribution in [0.2, 0.25) is 0 Å². The molecule has 166 valence electrons. The van der Waals surface area contributed by atoms with Crippen molar-refractivity contribution in [3.8, 4) is 11.5 Å². The van der Waals surface area contributed by atoms with Crippen molar-refractivity contribution in [1.82, 2.24) is 15.5 Å². The van der Waals surface area contributed by atoms with Crippen LogP contribution in [0.25, 0.3) is 0 Å². The van der Waals surface area contributed by atoms with Crippen LogP contribution in [0.4, 0.5) is 4.79 Å². The maximum Gasteiger partial charge on any atom is 0.315 e. The Morgan fingerprint density at radius 2 is 1.56 bits per heavy atom. The van der Waals surface area contributed by atoms with E-state index in [-0.39, 0.29) is 19.0 Å². The topological polar surface area (TPSA) is 70.7 Å². The lowest BCUT2D eigenvalue weighted by Gasteiger charge is -2.21. The van der Waals surface area contributed by atoms with E-state index in [0.717, 1.165) is 22.4 Å². The molecular weight excluding hydrogens is 402 g/mol. The summed E-state index contributed by atoms with van der Waals surface area (Å²) < 4.78 is 5.97. The van der Waals surface area contributed by atoms with E-state index in [4.69, 9.17) is 4.74 Å². The van der Waals surface area contributed by atoms with E-state index in [9.17, 15) is 9.59 Å². The Bertz CT molecular complexity index is 1020. The van der Waals surface area contributed by atoms with Crippen LogP contribution in [0.5, 0.6) is 11.5 Å². The quantitative estimate of drug-likeness (QED) is 0.519. The summed E-state index contributed by atoms with van der Waals surface area (Å²) in [5.41, 5.74) is 3.05. The first-order chi connectivity index (χ1) is 15.5. The van der Waals surface area contributed by atoms with E-state index >= 15 is 0 Å². The molecule has 0 atom stereocenters. The van der Waals surface area contributed by atoms with Gasteiger partial charge in [0.2, 0.25) is 5.91 Å². The zero-order valence-corrected chi connectivity index (χ0v) is 18.5. The number of hydrogen-bond donors (Lipinski definition) is 2. The van der Waals surface area contributed by atoms with E-state index in [1.54, 1.807) is 4.90 Å². The third kappa shape index (κ3) is 6.87. The highest BCUT2D eigenvalue weighted by atomic mass is 16.5. The molecule has 0 radical (unpaired) electrons. The van der Waals surface area contributed by atoms with Crippen molar-refractivity contribution in [2.75, 3.05) is 13.1 Å². The van der Waals surface area contributed by atoms with Crippen molar-refractivity contribution in [1.29, 1.82) is 0 Å². The van der Waals surface area contributed by atoms with E-state index in [1.807, 2.05) is 92.7 Å². The van der Waals surface area contributed by atoms with Gasteiger partial charge in [-0.15, -0.1) is 0 Å². The SMILES string of the molecule is CCN(Cc1ccccc1)C(=O)CNC(=O)NCc1ccccc1Oc1ccc(C)cc1. The van der Waals surface area contributed by atoms with Crippen molar-refractivity contribution < 1.29 is 14.3 Å². The molecule has 0 aliphatic rings. The molecule has 0 saturated carbocycles. The molecule has 6 heteroatoms. The minimum Gasteiger partial charge on any atom is -0.457 e. The highest BCUT2D eigenvalue weighted by molar-refractivity contribution is 5.84. The summed E-state index contributed by atoms with van der Waals surface area (Å²) in [7, 11) is 0. The predicted octanol–water partition coefficient (Wildman–Crippen LogP) is 4.64. The lowest BCUT2D eigenvalue weighted by atomic mass is 10.2. The number of aryl methyl sites for hydroxylation is 1. The van der Waals surface area contributed by atoms with Crippen LogP contribution in [-0.2, 0) is 17.9 Å². The fraction of sp³-hybridized carbons (Fsp3) is 0.231. The van der Waals surface area contributed by atoms with Crippen LogP contribution >= 0.6 is 0 Å². The van der Waals surface area contributed by atoms with Crippen LogP contribution in [-0.4, -0.2) is 29.9 Å². The molecule has 3 amide bonds. The fourth-order valence-electron chi connectivity index (χ4n) is 3.17. The second-order valence-electron chi connectivity index (χ2n) is 7.45. The van der Waals surface area contributed by atoms with Gasteiger partial charge in [0.25, 0.3) is 0 Å². The molecule has 0 aliphatic heterocycles. The smallest absolute Gasteiger partial charge is 0.315 e. The standard InChI is InChI=1S/C26H29N3O3/c1-3-29(19-21-9-5-4-6-10-21)25(30)18-28-26(31)27-17-22-11-7-8-12-24(22)32-23-15-13-20(2)14-16-23/h4-16H,3,17-19H2,1-2H3,(H2,27,28,31). The molecule has 32 heavy (non-hydrogen) atoms. The van der Waals surface area contributed by atoms with Crippen molar-refractivity contribution in [2.45, 2.75) is 26.9 Å². The number of amides is 3. The number of nitrogens with zero attached hydrogens (tertiary/aromatic N) is 1. The molecule has 0 spiro atoms. The third-order valence-corrected chi connectivity index (χ3v) is 5.01. The molecule has 0 bridgehead atoms. The Hall–Kier alpha value is -3.80. The van der Waals surface area contributed by atoms with Gasteiger partial charge < -0.3 is 20.3 Å². The van der Waals surface area contributed by atoms with E-state index in [1.165, 1.54) is 0 Å². The number of urea groups is 1. The van der Waals surface area contributed by atoms with Crippen LogP contribution in [0.3, 0.4) is 0 Å². The number of benzene rings is 3. The lowest BCUT2D eigenvalue weighted by Crippen LogP contribution is -2.43. The summed E-state index contributed by atoms with van der Waals surface area (Å²) in [6.45, 7) is 5.25. The summed E-state index contributed by atoms with van der Waals surface area (Å²) in [4.78, 5) is 26.5. The third-order valence-electron chi connectivity index (χ3n) is 5.01. The highest BCUT2D eigenvalue weighted by Crippen LogP contribution is 2.25. The number of carbonyl (C=O) groups is 2. The van der Waals surface area contributed by atoms with Gasteiger partial charge in [-0.05, 0) is 37.6 Å². The minimum absolute atomic E-state index is 0.0615. The Kier molecular flexibility index (Phi) is 8.26. The number of nitrogens with one attached hydrogen (secondary N) is 2. The molecule has 0 heterocycles. The van der Waals surface area contributed by atoms with Gasteiger partial charge in [0, 0.05) is 25.2 Å². The largest absolute Gasteiger partial charge is 0.457 e. The summed E-state index contributed by atoms with van der Waals surface area (Å²) in [5, 5.41) is 5.44. The summed E-state index contributed by atoms with van der Waals surface area (Å²) in [6.07, 6.45) is 0. The number of ether oxygens (including phenoxy) is 1. The first-order valence-corrected chi connectivity index (χ1v) is 10.7. The van der Waals surface area contributed by atoms with Crippen molar-refractivity contribution in [3.05, 3.63) is 95.6 Å². The van der Waals surface area contributed by atoms with E-state index in [2.05, 4.69) is 10.6 Å². The Labute approximate surface area is 189 Å². The average molecular weight is 432 g/mol. The van der Waals surface area contributed by atoms with Gasteiger partial charge in [-0.2, -0.15) is 0 Å². The first-order valence-electron chi connectivity index (χ1n) is 10.7. The molecule has 0 fully saturated rings. The maximum absolute atomic E-state index is 12.5. The number of likely N-dealkylation sites (N-methyl/N-ethyl adjacent to an activating group) is 1. The molecular formula is C26H29N3O3. The molecule has 3 aromatic carbocycles. The minimum atomic E-state index is -0.403. The molecule has 3 aromatic rings. The fourth-order valence-corrected chi connectivity index (χ4v) is 3.17. The Balaban J connectivity index is 1.49. The molecule has 3 rings (SSSR count). The number of rotatable bonds is 9. The van der Waals surface area contributed by atoms with Crippen molar-refractivity contribution >= 4 is 11.9 Å². The van der Waals surface area contributed by atoms with Crippen molar-refractivity contribution in [3.63, 3.8) is 0 Å². The summed E-state index contributed by atoms with van der Waals surface area (Å²) in [6, 6.07) is 24.7. The van der Waals surface area contributed by atoms with Crippen LogP contribution in [0.15, 0.2) is 78.9 Å². The van der Waals surface area contributed by atoms with Crippen LogP contribution < -0.4 is 15.4 Å². The molecule has 0 unspecified atom stereocenters. The number of hydrogen-bond acceptors (Lipinski definition) is 3. The second kappa shape index (κ2) is 11.6. The normalized spacial score (nSPS) is 10.3. The van der Waals surface area contributed by atoms with Gasteiger partial charge in [0.15, 0.2) is 0 Å². The van der Waals surface area contributed by atoms with E-state index < -0.39 is 6.03 Å². The van der Waals surface area contributed by atoms with Crippen LogP contribution in [0.1, 0.15) is 23.6 Å². The van der Waals surface area contributed by atoms with Gasteiger partial charge in [0.1, 0.15) is 11.5 Å². The maximum atomic E-state index is 12.5. The lowest BCUT2D eigenvalue weighted by molar-refractivity contribution is -0.130.